The number of amides is 1. The van der Waals surface area contributed by atoms with Gasteiger partial charge >= 0.3 is 0 Å². The quantitative estimate of drug-likeness (QED) is 0.875. The summed E-state index contributed by atoms with van der Waals surface area (Å²) < 4.78 is 0. The standard InChI is InChI=1S/C15H19N3O/c1-17-9-4-6-13(11-17)15(19)16-18-10-8-12-5-2-3-7-14(12)18/h2-3,5,7,11H,4,6,8-10H2,1H3,(H,16,19). The van der Waals surface area contributed by atoms with Crippen LogP contribution in [0.4, 0.5) is 5.69 Å². The molecular formula is C15H19N3O. The van der Waals surface area contributed by atoms with Crippen LogP contribution >= 0.6 is 0 Å². The summed E-state index contributed by atoms with van der Waals surface area (Å²) in [5.41, 5.74) is 6.33. The minimum absolute atomic E-state index is 0.0308. The van der Waals surface area contributed by atoms with Crippen LogP contribution in [-0.4, -0.2) is 30.9 Å². The van der Waals surface area contributed by atoms with Crippen LogP contribution < -0.4 is 10.4 Å². The summed E-state index contributed by atoms with van der Waals surface area (Å²) in [5, 5.41) is 1.97. The van der Waals surface area contributed by atoms with Gasteiger partial charge in [0, 0.05) is 31.9 Å². The first-order chi connectivity index (χ1) is 9.24. The molecule has 19 heavy (non-hydrogen) atoms. The van der Waals surface area contributed by atoms with E-state index >= 15 is 0 Å². The van der Waals surface area contributed by atoms with Gasteiger partial charge in [-0.15, -0.1) is 0 Å². The topological polar surface area (TPSA) is 35.6 Å². The van der Waals surface area contributed by atoms with Crippen molar-refractivity contribution in [3.8, 4) is 0 Å². The number of fused-ring (bicyclic) bond motifs is 1. The first kappa shape index (κ1) is 12.1. The fourth-order valence-electron chi connectivity index (χ4n) is 2.73. The van der Waals surface area contributed by atoms with E-state index in [0.717, 1.165) is 43.6 Å². The van der Waals surface area contributed by atoms with Crippen LogP contribution in [0.5, 0.6) is 0 Å². The highest BCUT2D eigenvalue weighted by Crippen LogP contribution is 2.26. The summed E-state index contributed by atoms with van der Waals surface area (Å²) in [4.78, 5) is 14.3. The number of para-hydroxylation sites is 1. The lowest BCUT2D eigenvalue weighted by Crippen LogP contribution is -2.42. The summed E-state index contributed by atoms with van der Waals surface area (Å²) in [6, 6.07) is 8.23. The summed E-state index contributed by atoms with van der Waals surface area (Å²) in [6.07, 6.45) is 4.87. The largest absolute Gasteiger partial charge is 0.380 e. The van der Waals surface area contributed by atoms with Crippen molar-refractivity contribution in [3.05, 3.63) is 41.6 Å². The molecule has 0 radical (unpaired) electrons. The molecule has 3 rings (SSSR count). The lowest BCUT2D eigenvalue weighted by molar-refractivity contribution is -0.118. The van der Waals surface area contributed by atoms with Gasteiger partial charge in [0.25, 0.3) is 5.91 Å². The van der Waals surface area contributed by atoms with E-state index in [0.29, 0.717) is 0 Å². The monoisotopic (exact) mass is 257 g/mol. The predicted molar refractivity (Wildman–Crippen MR) is 75.6 cm³/mol. The average Bonchev–Trinajstić information content (AvgIpc) is 2.82. The number of nitrogens with zero attached hydrogens (tertiary/aromatic N) is 2. The molecule has 2 aliphatic rings. The summed E-state index contributed by atoms with van der Waals surface area (Å²) in [5.74, 6) is 0.0308. The van der Waals surface area contributed by atoms with E-state index in [-0.39, 0.29) is 5.91 Å². The summed E-state index contributed by atoms with van der Waals surface area (Å²) >= 11 is 0. The summed E-state index contributed by atoms with van der Waals surface area (Å²) in [7, 11) is 2.01. The number of hydrogen-bond acceptors (Lipinski definition) is 3. The van der Waals surface area contributed by atoms with E-state index < -0.39 is 0 Å². The number of benzene rings is 1. The lowest BCUT2D eigenvalue weighted by atomic mass is 10.1. The Hall–Kier alpha value is -1.97. The third-order valence-corrected chi connectivity index (χ3v) is 3.75. The van der Waals surface area contributed by atoms with Gasteiger partial charge in [-0.1, -0.05) is 18.2 Å². The Morgan fingerprint density at radius 2 is 2.05 bits per heavy atom. The van der Waals surface area contributed by atoms with Crippen molar-refractivity contribution in [1.82, 2.24) is 10.3 Å². The maximum absolute atomic E-state index is 12.3. The first-order valence-electron chi connectivity index (χ1n) is 6.81. The molecular weight excluding hydrogens is 238 g/mol. The van der Waals surface area contributed by atoms with Crippen molar-refractivity contribution < 1.29 is 4.79 Å². The van der Waals surface area contributed by atoms with Gasteiger partial charge in [0.15, 0.2) is 0 Å². The van der Waals surface area contributed by atoms with Crippen LogP contribution in [0.3, 0.4) is 0 Å². The number of rotatable bonds is 2. The Labute approximate surface area is 113 Å². The fourth-order valence-corrected chi connectivity index (χ4v) is 2.73. The minimum Gasteiger partial charge on any atom is -0.380 e. The molecule has 0 bridgehead atoms. The van der Waals surface area contributed by atoms with E-state index in [1.54, 1.807) is 0 Å². The molecule has 0 saturated heterocycles. The molecule has 4 nitrogen and oxygen atoms in total. The second-order valence-corrected chi connectivity index (χ2v) is 5.21. The van der Waals surface area contributed by atoms with Crippen LogP contribution in [0.25, 0.3) is 0 Å². The molecule has 2 heterocycles. The van der Waals surface area contributed by atoms with E-state index in [1.807, 2.05) is 30.4 Å². The van der Waals surface area contributed by atoms with Crippen LogP contribution in [0.1, 0.15) is 18.4 Å². The van der Waals surface area contributed by atoms with Gasteiger partial charge in [-0.25, -0.2) is 0 Å². The Balaban J connectivity index is 1.71. The van der Waals surface area contributed by atoms with Gasteiger partial charge in [-0.05, 0) is 30.9 Å². The summed E-state index contributed by atoms with van der Waals surface area (Å²) in [6.45, 7) is 1.89. The van der Waals surface area contributed by atoms with E-state index in [1.165, 1.54) is 5.56 Å². The molecule has 1 aromatic rings. The molecule has 0 atom stereocenters. The van der Waals surface area contributed by atoms with Crippen molar-refractivity contribution in [2.24, 2.45) is 0 Å². The number of nitrogens with one attached hydrogen (secondary N) is 1. The molecule has 0 aliphatic carbocycles. The molecule has 0 unspecified atom stereocenters. The molecule has 4 heteroatoms. The average molecular weight is 257 g/mol. The molecule has 100 valence electrons. The van der Waals surface area contributed by atoms with Crippen LogP contribution in [0.15, 0.2) is 36.0 Å². The molecule has 1 aromatic carbocycles. The van der Waals surface area contributed by atoms with E-state index in [9.17, 15) is 4.79 Å². The maximum atomic E-state index is 12.3. The van der Waals surface area contributed by atoms with E-state index in [4.69, 9.17) is 0 Å². The minimum atomic E-state index is 0.0308. The molecule has 0 saturated carbocycles. The van der Waals surface area contributed by atoms with Crippen LogP contribution in [0.2, 0.25) is 0 Å². The number of hydrogen-bond donors (Lipinski definition) is 1. The highest BCUT2D eigenvalue weighted by molar-refractivity contribution is 5.94. The van der Waals surface area contributed by atoms with Gasteiger partial charge in [-0.2, -0.15) is 0 Å². The van der Waals surface area contributed by atoms with Crippen molar-refractivity contribution in [2.75, 3.05) is 25.1 Å². The number of carbonyl (C=O) groups is 1. The lowest BCUT2D eigenvalue weighted by Gasteiger charge is -2.25. The number of anilines is 1. The Kier molecular flexibility index (Phi) is 3.15. The molecule has 0 fully saturated rings. The molecule has 0 aromatic heterocycles. The number of hydrazine groups is 1. The zero-order valence-corrected chi connectivity index (χ0v) is 11.2. The third-order valence-electron chi connectivity index (χ3n) is 3.75. The molecule has 1 N–H and O–H groups in total. The second kappa shape index (κ2) is 4.96. The van der Waals surface area contributed by atoms with Crippen molar-refractivity contribution in [3.63, 3.8) is 0 Å². The molecule has 0 spiro atoms. The van der Waals surface area contributed by atoms with Crippen molar-refractivity contribution in [2.45, 2.75) is 19.3 Å². The van der Waals surface area contributed by atoms with Crippen LogP contribution in [0, 0.1) is 0 Å². The highest BCUT2D eigenvalue weighted by atomic mass is 16.2. The molecule has 1 amide bonds. The Bertz CT molecular complexity index is 524. The first-order valence-corrected chi connectivity index (χ1v) is 6.81. The van der Waals surface area contributed by atoms with Crippen molar-refractivity contribution >= 4 is 11.6 Å². The van der Waals surface area contributed by atoms with Gasteiger partial charge in [0.05, 0.1) is 5.69 Å². The van der Waals surface area contributed by atoms with E-state index in [2.05, 4.69) is 22.5 Å². The Morgan fingerprint density at radius 3 is 2.89 bits per heavy atom. The zero-order chi connectivity index (χ0) is 13.2. The maximum Gasteiger partial charge on any atom is 0.267 e. The SMILES string of the molecule is CN1C=C(C(=O)NN2CCc3ccccc32)CCC1. The molecule has 2 aliphatic heterocycles. The second-order valence-electron chi connectivity index (χ2n) is 5.21. The zero-order valence-electron chi connectivity index (χ0n) is 11.2. The normalized spacial score (nSPS) is 18.1. The number of carbonyl (C=O) groups excluding carboxylic acids is 1. The smallest absolute Gasteiger partial charge is 0.267 e. The highest BCUT2D eigenvalue weighted by Gasteiger charge is 2.22. The Morgan fingerprint density at radius 1 is 1.21 bits per heavy atom. The van der Waals surface area contributed by atoms with Gasteiger partial charge in [-0.3, -0.25) is 15.2 Å². The fraction of sp³-hybridized carbons (Fsp3) is 0.400. The van der Waals surface area contributed by atoms with Gasteiger partial charge < -0.3 is 4.90 Å². The predicted octanol–water partition coefficient (Wildman–Crippen LogP) is 1.69. The van der Waals surface area contributed by atoms with Gasteiger partial charge in [0.1, 0.15) is 0 Å². The van der Waals surface area contributed by atoms with Crippen molar-refractivity contribution in [1.29, 1.82) is 0 Å². The third kappa shape index (κ3) is 2.43. The van der Waals surface area contributed by atoms with Gasteiger partial charge in [0.2, 0.25) is 0 Å². The van der Waals surface area contributed by atoms with Crippen LogP contribution in [-0.2, 0) is 11.2 Å².